The van der Waals surface area contributed by atoms with Crippen LogP contribution in [0.2, 0.25) is 0 Å². The number of urea groups is 1. The maximum absolute atomic E-state index is 12.3. The molecule has 30 heavy (non-hydrogen) atoms. The van der Waals surface area contributed by atoms with Gasteiger partial charge in [0.05, 0.1) is 6.61 Å². The van der Waals surface area contributed by atoms with Gasteiger partial charge >= 0.3 is 12.1 Å². The van der Waals surface area contributed by atoms with Crippen molar-refractivity contribution in [2.24, 2.45) is 5.41 Å². The van der Waals surface area contributed by atoms with E-state index in [1.165, 1.54) is 0 Å². The lowest BCUT2D eigenvalue weighted by atomic mass is 9.73. The van der Waals surface area contributed by atoms with Gasteiger partial charge in [-0.15, -0.1) is 0 Å². The van der Waals surface area contributed by atoms with Crippen molar-refractivity contribution in [1.29, 1.82) is 0 Å². The first-order chi connectivity index (χ1) is 14.1. The topological polar surface area (TPSA) is 88.2 Å². The third kappa shape index (κ3) is 4.22. The lowest BCUT2D eigenvalue weighted by molar-refractivity contribution is -0.120. The van der Waals surface area contributed by atoms with Crippen molar-refractivity contribution in [3.63, 3.8) is 0 Å². The summed E-state index contributed by atoms with van der Waals surface area (Å²) >= 11 is 0. The molecule has 0 unspecified atom stereocenters. The molecule has 3 aliphatic heterocycles. The summed E-state index contributed by atoms with van der Waals surface area (Å²) in [5.41, 5.74) is 1.37. The van der Waals surface area contributed by atoms with Crippen molar-refractivity contribution in [2.45, 2.75) is 52.1 Å². The summed E-state index contributed by atoms with van der Waals surface area (Å²) in [6.07, 6.45) is 2.65. The summed E-state index contributed by atoms with van der Waals surface area (Å²) in [4.78, 5) is 39.2. The lowest BCUT2D eigenvalue weighted by Crippen LogP contribution is -2.50. The van der Waals surface area contributed by atoms with E-state index in [-0.39, 0.29) is 17.4 Å². The third-order valence-electron chi connectivity index (χ3n) is 5.99. The van der Waals surface area contributed by atoms with Gasteiger partial charge in [0.15, 0.2) is 0 Å². The normalized spacial score (nSPS) is 21.0. The molecule has 4 rings (SSSR count). The molecule has 8 heteroatoms. The van der Waals surface area contributed by atoms with Crippen LogP contribution in [0.3, 0.4) is 0 Å². The Morgan fingerprint density at radius 2 is 1.90 bits per heavy atom. The van der Waals surface area contributed by atoms with Crippen molar-refractivity contribution >= 4 is 23.7 Å². The number of amides is 4. The molecule has 2 saturated heterocycles. The molecule has 3 heterocycles. The van der Waals surface area contributed by atoms with Gasteiger partial charge in [-0.2, -0.15) is 0 Å². The van der Waals surface area contributed by atoms with Gasteiger partial charge in [-0.1, -0.05) is 6.07 Å². The number of imide groups is 1. The summed E-state index contributed by atoms with van der Waals surface area (Å²) in [5, 5.41) is 2.35. The fourth-order valence-electron chi connectivity index (χ4n) is 4.30. The predicted octanol–water partition coefficient (Wildman–Crippen LogP) is 3.09. The number of fused-ring (bicyclic) bond motifs is 1. The second kappa shape index (κ2) is 7.49. The minimum atomic E-state index is -0.491. The zero-order chi connectivity index (χ0) is 21.5. The predicted molar refractivity (Wildman–Crippen MR) is 111 cm³/mol. The molecular weight excluding hydrogens is 386 g/mol. The first-order valence-corrected chi connectivity index (χ1v) is 10.5. The first-order valence-electron chi connectivity index (χ1n) is 10.5. The van der Waals surface area contributed by atoms with E-state index in [4.69, 9.17) is 9.47 Å². The number of hydrogen-bond acceptors (Lipinski definition) is 5. The maximum atomic E-state index is 12.3. The second-order valence-electron chi connectivity index (χ2n) is 9.48. The number of carbonyl (C=O) groups excluding carboxylic acids is 3. The number of anilines is 1. The molecule has 162 valence electrons. The van der Waals surface area contributed by atoms with E-state index >= 15 is 0 Å². The van der Waals surface area contributed by atoms with Crippen molar-refractivity contribution in [3.05, 3.63) is 23.8 Å². The molecule has 8 nitrogen and oxygen atoms in total. The molecular formula is C22H29N3O5. The van der Waals surface area contributed by atoms with E-state index < -0.39 is 11.6 Å². The molecule has 2 fully saturated rings. The summed E-state index contributed by atoms with van der Waals surface area (Å²) < 4.78 is 11.6. The van der Waals surface area contributed by atoms with E-state index in [0.29, 0.717) is 32.7 Å². The minimum absolute atomic E-state index is 0.0158. The van der Waals surface area contributed by atoms with Gasteiger partial charge < -0.3 is 14.4 Å². The molecule has 0 saturated carbocycles. The van der Waals surface area contributed by atoms with Crippen LogP contribution in [0.4, 0.5) is 15.3 Å². The Bertz CT molecular complexity index is 868. The Morgan fingerprint density at radius 3 is 2.57 bits per heavy atom. The van der Waals surface area contributed by atoms with Crippen molar-refractivity contribution in [2.75, 3.05) is 31.1 Å². The summed E-state index contributed by atoms with van der Waals surface area (Å²) in [6, 6.07) is 5.41. The van der Waals surface area contributed by atoms with E-state index in [2.05, 4.69) is 5.32 Å². The molecule has 1 aromatic carbocycles. The number of carbonyl (C=O) groups is 3. The number of benzene rings is 1. The van der Waals surface area contributed by atoms with Gasteiger partial charge in [0.2, 0.25) is 5.91 Å². The minimum Gasteiger partial charge on any atom is -0.493 e. The Balaban J connectivity index is 1.41. The number of piperidine rings is 1. The number of ether oxygens (including phenoxy) is 2. The molecule has 3 aliphatic rings. The smallest absolute Gasteiger partial charge is 0.410 e. The van der Waals surface area contributed by atoms with Gasteiger partial charge in [-0.25, -0.2) is 9.59 Å². The highest BCUT2D eigenvalue weighted by Crippen LogP contribution is 2.43. The number of likely N-dealkylation sites (tertiary alicyclic amines) is 1. The van der Waals surface area contributed by atoms with Crippen LogP contribution in [0.5, 0.6) is 5.75 Å². The highest BCUT2D eigenvalue weighted by Gasteiger charge is 2.41. The summed E-state index contributed by atoms with van der Waals surface area (Å²) in [7, 11) is 0. The van der Waals surface area contributed by atoms with Crippen LogP contribution in [0.15, 0.2) is 18.2 Å². The van der Waals surface area contributed by atoms with Crippen molar-refractivity contribution in [1.82, 2.24) is 10.2 Å². The summed E-state index contributed by atoms with van der Waals surface area (Å²) in [6.45, 7) is 7.91. The standard InChI is InChI=1S/C22H29N3O5/c1-21(2,3)30-20(28)24-10-7-22(8-11-24)13-15-4-5-16(12-17(15)29-14-22)25-9-6-18(26)23-19(25)27/h4-5,12H,6-11,13-14H2,1-3H3,(H,23,26,27). The highest BCUT2D eigenvalue weighted by molar-refractivity contribution is 6.05. The zero-order valence-electron chi connectivity index (χ0n) is 17.8. The van der Waals surface area contributed by atoms with Crippen molar-refractivity contribution in [3.8, 4) is 5.75 Å². The highest BCUT2D eigenvalue weighted by atomic mass is 16.6. The molecule has 0 aromatic heterocycles. The van der Waals surface area contributed by atoms with Gasteiger partial charge in [0, 0.05) is 43.2 Å². The van der Waals surface area contributed by atoms with Crippen LogP contribution in [0.1, 0.15) is 45.6 Å². The van der Waals surface area contributed by atoms with E-state index in [9.17, 15) is 14.4 Å². The number of hydrogen-bond donors (Lipinski definition) is 1. The molecule has 0 radical (unpaired) electrons. The molecule has 0 bridgehead atoms. The Morgan fingerprint density at radius 1 is 1.17 bits per heavy atom. The van der Waals surface area contributed by atoms with E-state index in [0.717, 1.165) is 36.3 Å². The van der Waals surface area contributed by atoms with Crippen LogP contribution in [0, 0.1) is 5.41 Å². The van der Waals surface area contributed by atoms with Crippen LogP contribution >= 0.6 is 0 Å². The molecule has 1 aromatic rings. The monoisotopic (exact) mass is 415 g/mol. The fraction of sp³-hybridized carbons (Fsp3) is 0.591. The van der Waals surface area contributed by atoms with Gasteiger partial charge in [-0.05, 0) is 51.7 Å². The summed E-state index contributed by atoms with van der Waals surface area (Å²) in [5.74, 6) is 0.544. The molecule has 1 N–H and O–H groups in total. The van der Waals surface area contributed by atoms with Crippen LogP contribution < -0.4 is 15.0 Å². The number of rotatable bonds is 1. The lowest BCUT2D eigenvalue weighted by Gasteiger charge is -2.44. The van der Waals surface area contributed by atoms with Gasteiger partial charge in [0.1, 0.15) is 11.4 Å². The molecule has 0 atom stereocenters. The third-order valence-corrected chi connectivity index (χ3v) is 5.99. The largest absolute Gasteiger partial charge is 0.493 e. The van der Waals surface area contributed by atoms with Gasteiger partial charge in [-0.3, -0.25) is 15.0 Å². The average molecular weight is 415 g/mol. The van der Waals surface area contributed by atoms with E-state index in [1.54, 1.807) is 9.80 Å². The van der Waals surface area contributed by atoms with E-state index in [1.807, 2.05) is 39.0 Å². The SMILES string of the molecule is CC(C)(C)OC(=O)N1CCC2(CC1)COc1cc(N3CCC(=O)NC3=O)ccc1C2. The van der Waals surface area contributed by atoms with Crippen LogP contribution in [0.25, 0.3) is 0 Å². The average Bonchev–Trinajstić information content (AvgIpc) is 2.67. The quantitative estimate of drug-likeness (QED) is 0.762. The van der Waals surface area contributed by atoms with Gasteiger partial charge in [0.25, 0.3) is 0 Å². The number of nitrogens with one attached hydrogen (secondary N) is 1. The Hall–Kier alpha value is -2.77. The molecule has 0 aliphatic carbocycles. The Labute approximate surface area is 176 Å². The Kier molecular flexibility index (Phi) is 5.11. The zero-order valence-corrected chi connectivity index (χ0v) is 17.8. The molecule has 4 amide bonds. The molecule has 1 spiro atoms. The maximum Gasteiger partial charge on any atom is 0.410 e. The van der Waals surface area contributed by atoms with Crippen molar-refractivity contribution < 1.29 is 23.9 Å². The fourth-order valence-corrected chi connectivity index (χ4v) is 4.30. The van der Waals surface area contributed by atoms with Crippen LogP contribution in [-0.4, -0.2) is 54.8 Å². The second-order valence-corrected chi connectivity index (χ2v) is 9.48. The number of nitrogens with zero attached hydrogens (tertiary/aromatic N) is 2. The first kappa shape index (κ1) is 20.5. The van der Waals surface area contributed by atoms with Crippen LogP contribution in [-0.2, 0) is 16.0 Å².